The highest BCUT2D eigenvalue weighted by Crippen LogP contribution is 2.56. The van der Waals surface area contributed by atoms with Gasteiger partial charge in [0.1, 0.15) is 11.7 Å². The van der Waals surface area contributed by atoms with Gasteiger partial charge in [-0.25, -0.2) is 19.2 Å². The highest BCUT2D eigenvalue weighted by molar-refractivity contribution is 5.97. The molecule has 4 N–H and O–H groups in total. The van der Waals surface area contributed by atoms with E-state index in [1.54, 1.807) is 30.3 Å². The normalized spacial score (nSPS) is 32.8. The van der Waals surface area contributed by atoms with Crippen LogP contribution in [0.25, 0.3) is 0 Å². The Morgan fingerprint density at radius 2 is 1.68 bits per heavy atom. The maximum Gasteiger partial charge on any atom is 0.509 e. The van der Waals surface area contributed by atoms with Crippen LogP contribution in [-0.4, -0.2) is 85.4 Å². The number of carboxylic acid groups (broad SMARTS) is 3. The van der Waals surface area contributed by atoms with Crippen LogP contribution in [-0.2, 0) is 44.7 Å². The first-order chi connectivity index (χ1) is 17.1. The third-order valence-electron chi connectivity index (χ3n) is 5.89. The summed E-state index contributed by atoms with van der Waals surface area (Å²) < 4.78 is 27.4. The number of hydrogen-bond donors (Lipinski definition) is 4. The number of carbonyl (C=O) groups is 4. The van der Waals surface area contributed by atoms with Crippen molar-refractivity contribution in [2.24, 2.45) is 0 Å². The third-order valence-corrected chi connectivity index (χ3v) is 5.89. The quantitative estimate of drug-likeness (QED) is 0.267. The molecule has 1 aromatic carbocycles. The molecule has 1 aromatic rings. The van der Waals surface area contributed by atoms with E-state index in [0.29, 0.717) is 5.56 Å². The zero-order valence-corrected chi connectivity index (χ0v) is 20.3. The Bertz CT molecular complexity index is 1080. The monoisotopic (exact) mass is 524 g/mol. The van der Waals surface area contributed by atoms with Crippen molar-refractivity contribution >= 4 is 24.1 Å². The van der Waals surface area contributed by atoms with Crippen molar-refractivity contribution in [3.63, 3.8) is 0 Å². The smallest absolute Gasteiger partial charge is 0.479 e. The number of rotatable bonds is 9. The maximum atomic E-state index is 12.8. The molecule has 0 aromatic heterocycles. The van der Waals surface area contributed by atoms with Crippen molar-refractivity contribution in [2.75, 3.05) is 0 Å². The Kier molecular flexibility index (Phi) is 7.39. The highest BCUT2D eigenvalue weighted by atomic mass is 16.8. The number of hydrogen-bond acceptors (Lipinski definition) is 10. The van der Waals surface area contributed by atoms with Gasteiger partial charge in [0, 0.05) is 6.42 Å². The lowest BCUT2D eigenvalue weighted by molar-refractivity contribution is -0.371. The molecule has 37 heavy (non-hydrogen) atoms. The number of aliphatic hydroxyl groups is 1. The van der Waals surface area contributed by atoms with Crippen molar-refractivity contribution in [3.8, 4) is 0 Å². The zero-order chi connectivity index (χ0) is 27.8. The van der Waals surface area contributed by atoms with E-state index in [0.717, 1.165) is 6.08 Å². The average molecular weight is 524 g/mol. The molecule has 2 aliphatic rings. The third kappa shape index (κ3) is 4.66. The predicted molar refractivity (Wildman–Crippen MR) is 120 cm³/mol. The fourth-order valence-electron chi connectivity index (χ4n) is 4.43. The van der Waals surface area contributed by atoms with E-state index in [-0.39, 0.29) is 6.61 Å². The molecule has 2 saturated heterocycles. The summed E-state index contributed by atoms with van der Waals surface area (Å²) in [5, 5.41) is 41.3. The summed E-state index contributed by atoms with van der Waals surface area (Å²) in [7, 11) is 0. The van der Waals surface area contributed by atoms with Gasteiger partial charge in [0.15, 0.2) is 6.10 Å². The van der Waals surface area contributed by atoms with Crippen LogP contribution in [0.1, 0.15) is 32.8 Å². The molecule has 2 fully saturated rings. The molecule has 6 atom stereocenters. The van der Waals surface area contributed by atoms with Gasteiger partial charge in [0.25, 0.3) is 0 Å². The average Bonchev–Trinajstić information content (AvgIpc) is 3.02. The van der Waals surface area contributed by atoms with E-state index in [4.69, 9.17) is 23.7 Å². The number of carbonyl (C=O) groups excluding carboxylic acids is 1. The van der Waals surface area contributed by atoms with Gasteiger partial charge in [0.05, 0.1) is 6.61 Å². The molecule has 0 amide bonds. The lowest BCUT2D eigenvalue weighted by atomic mass is 9.74. The molecule has 202 valence electrons. The lowest BCUT2D eigenvalue weighted by Crippen LogP contribution is -2.78. The highest BCUT2D eigenvalue weighted by Gasteiger charge is 2.86. The fraction of sp³-hybridized carbons (Fsp3) is 0.500. The number of benzene rings is 1. The second-order valence-electron chi connectivity index (χ2n) is 9.58. The molecule has 2 aliphatic heterocycles. The SMILES string of the molecule is C=CC[C@]12O[C@H](C(=O)O)[C@@](O)(C(=O)O)[C@](C(=O)O)(O1)[C@H](OCc1ccccc1)[C@H]2OC(=O)OC(C)(C)C. The Labute approximate surface area is 211 Å². The molecule has 2 heterocycles. The van der Waals surface area contributed by atoms with Gasteiger partial charge < -0.3 is 44.1 Å². The summed E-state index contributed by atoms with van der Waals surface area (Å²) in [6, 6.07) is 8.23. The Morgan fingerprint density at radius 3 is 2.16 bits per heavy atom. The summed E-state index contributed by atoms with van der Waals surface area (Å²) in [4.78, 5) is 49.9. The first-order valence-electron chi connectivity index (χ1n) is 11.1. The molecule has 13 heteroatoms. The predicted octanol–water partition coefficient (Wildman–Crippen LogP) is 1.32. The van der Waals surface area contributed by atoms with Crippen LogP contribution in [0.4, 0.5) is 4.79 Å². The minimum Gasteiger partial charge on any atom is -0.479 e. The molecule has 0 radical (unpaired) electrons. The van der Waals surface area contributed by atoms with E-state index >= 15 is 0 Å². The molecule has 2 bridgehead atoms. The number of ether oxygens (including phenoxy) is 5. The van der Waals surface area contributed by atoms with Gasteiger partial charge in [-0.2, -0.15) is 0 Å². The summed E-state index contributed by atoms with van der Waals surface area (Å²) in [5.74, 6) is -8.80. The van der Waals surface area contributed by atoms with Crippen LogP contribution in [0, 0.1) is 0 Å². The van der Waals surface area contributed by atoms with Gasteiger partial charge in [-0.05, 0) is 26.3 Å². The largest absolute Gasteiger partial charge is 0.509 e. The van der Waals surface area contributed by atoms with Gasteiger partial charge >= 0.3 is 24.1 Å². The van der Waals surface area contributed by atoms with Gasteiger partial charge in [-0.15, -0.1) is 6.58 Å². The number of carboxylic acids is 3. The van der Waals surface area contributed by atoms with Crippen LogP contribution in [0.2, 0.25) is 0 Å². The van der Waals surface area contributed by atoms with Gasteiger partial charge in [0.2, 0.25) is 23.1 Å². The van der Waals surface area contributed by atoms with E-state index in [2.05, 4.69) is 6.58 Å². The van der Waals surface area contributed by atoms with Crippen LogP contribution in [0.15, 0.2) is 43.0 Å². The Morgan fingerprint density at radius 1 is 1.05 bits per heavy atom. The molecular weight excluding hydrogens is 496 g/mol. The second kappa shape index (κ2) is 9.74. The van der Waals surface area contributed by atoms with Gasteiger partial charge in [-0.1, -0.05) is 36.4 Å². The van der Waals surface area contributed by atoms with E-state index in [9.17, 15) is 39.6 Å². The van der Waals surface area contributed by atoms with Crippen molar-refractivity contribution in [1.82, 2.24) is 0 Å². The van der Waals surface area contributed by atoms with Crippen molar-refractivity contribution in [2.45, 2.75) is 74.7 Å². The van der Waals surface area contributed by atoms with Crippen LogP contribution < -0.4 is 0 Å². The van der Waals surface area contributed by atoms with Crippen molar-refractivity contribution in [3.05, 3.63) is 48.6 Å². The molecule has 0 spiro atoms. The molecular formula is C24H28O13. The van der Waals surface area contributed by atoms with Crippen LogP contribution in [0.5, 0.6) is 0 Å². The maximum absolute atomic E-state index is 12.8. The molecule has 13 nitrogen and oxygen atoms in total. The summed E-state index contributed by atoms with van der Waals surface area (Å²) in [6.07, 6.45) is -7.36. The molecule has 3 rings (SSSR count). The molecule has 0 unspecified atom stereocenters. The standard InChI is InChI=1S/C24H28O13/c1-5-11-22-14(34-20(31)36-21(2,3)4)15(33-12-13-9-7-6-8-10-13)24(37-22,19(29)30)23(32,18(27)28)16(35-22)17(25)26/h5-10,14-16,32H,1,11-12H2,2-4H3,(H,25,26)(H,27,28)(H,29,30)/t14-,15-,16-,22+,23-,24+/m1/s1. The van der Waals surface area contributed by atoms with E-state index < -0.39 is 71.4 Å². The van der Waals surface area contributed by atoms with Crippen LogP contribution in [0.3, 0.4) is 0 Å². The number of fused-ring (bicyclic) bond motifs is 2. The summed E-state index contributed by atoms with van der Waals surface area (Å²) in [5.41, 5.74) is -7.62. The first kappa shape index (κ1) is 28.1. The molecule has 0 aliphatic carbocycles. The van der Waals surface area contributed by atoms with Crippen LogP contribution >= 0.6 is 0 Å². The fourth-order valence-corrected chi connectivity index (χ4v) is 4.43. The van der Waals surface area contributed by atoms with Crippen molar-refractivity contribution in [1.29, 1.82) is 0 Å². The van der Waals surface area contributed by atoms with E-state index in [1.807, 2.05) is 0 Å². The Balaban J connectivity index is 2.24. The topological polar surface area (TPSA) is 195 Å². The van der Waals surface area contributed by atoms with Crippen molar-refractivity contribution < 1.29 is 63.3 Å². The Hall–Kier alpha value is -3.52. The minimum atomic E-state index is -3.73. The number of aliphatic carboxylic acids is 3. The lowest BCUT2D eigenvalue weighted by Gasteiger charge is -2.48. The summed E-state index contributed by atoms with van der Waals surface area (Å²) in [6.45, 7) is 7.74. The molecule has 0 saturated carbocycles. The van der Waals surface area contributed by atoms with Gasteiger partial charge in [-0.3, -0.25) is 0 Å². The second-order valence-corrected chi connectivity index (χ2v) is 9.58. The van der Waals surface area contributed by atoms with E-state index in [1.165, 1.54) is 20.8 Å². The zero-order valence-electron chi connectivity index (χ0n) is 20.3. The summed E-state index contributed by atoms with van der Waals surface area (Å²) >= 11 is 0. The first-order valence-corrected chi connectivity index (χ1v) is 11.1. The minimum absolute atomic E-state index is 0.365.